The van der Waals surface area contributed by atoms with E-state index >= 15 is 0 Å². The average Bonchev–Trinajstić information content (AvgIpc) is 2.53. The van der Waals surface area contributed by atoms with Crippen LogP contribution in [-0.4, -0.2) is 24.3 Å². The number of aliphatic hydroxyl groups excluding tert-OH is 1. The van der Waals surface area contributed by atoms with Gasteiger partial charge in [0.2, 0.25) is 0 Å². The van der Waals surface area contributed by atoms with Crippen LogP contribution in [0.4, 0.5) is 0 Å². The zero-order valence-corrected chi connectivity index (χ0v) is 11.9. The Morgan fingerprint density at radius 2 is 1.90 bits per heavy atom. The first-order valence-electron chi connectivity index (χ1n) is 7.18. The van der Waals surface area contributed by atoms with E-state index in [2.05, 4.69) is 0 Å². The fourth-order valence-corrected chi connectivity index (χ4v) is 2.60. The van der Waals surface area contributed by atoms with Crippen LogP contribution in [0.5, 0.6) is 5.75 Å². The van der Waals surface area contributed by atoms with Crippen molar-refractivity contribution in [2.45, 2.75) is 44.8 Å². The van der Waals surface area contributed by atoms with Crippen LogP contribution in [0.1, 0.15) is 37.7 Å². The highest BCUT2D eigenvalue weighted by Crippen LogP contribution is 2.27. The van der Waals surface area contributed by atoms with E-state index in [1.54, 1.807) is 7.11 Å². The molecule has 110 valence electrons. The Morgan fingerprint density at radius 1 is 1.25 bits per heavy atom. The van der Waals surface area contributed by atoms with Crippen molar-refractivity contribution in [3.05, 3.63) is 29.8 Å². The Morgan fingerprint density at radius 3 is 2.50 bits per heavy atom. The molecule has 0 aliphatic heterocycles. The van der Waals surface area contributed by atoms with Gasteiger partial charge in [0.1, 0.15) is 12.4 Å². The molecule has 2 rings (SSSR count). The molecule has 4 nitrogen and oxygen atoms in total. The van der Waals surface area contributed by atoms with Gasteiger partial charge >= 0.3 is 5.97 Å². The number of carbonyl (C=O) groups excluding carboxylic acids is 1. The number of esters is 1. The lowest BCUT2D eigenvalue weighted by molar-refractivity contribution is -0.158. The number of hydrogen-bond donors (Lipinski definition) is 1. The first-order valence-corrected chi connectivity index (χ1v) is 7.18. The third kappa shape index (κ3) is 3.97. The molecule has 0 saturated heterocycles. The first-order chi connectivity index (χ1) is 9.70. The van der Waals surface area contributed by atoms with Gasteiger partial charge < -0.3 is 14.6 Å². The Balaban J connectivity index is 1.81. The van der Waals surface area contributed by atoms with Gasteiger partial charge in [-0.05, 0) is 36.5 Å². The molecule has 1 saturated carbocycles. The summed E-state index contributed by atoms with van der Waals surface area (Å²) < 4.78 is 10.3. The van der Waals surface area contributed by atoms with E-state index in [0.29, 0.717) is 0 Å². The molecule has 0 radical (unpaired) electrons. The van der Waals surface area contributed by atoms with Gasteiger partial charge in [-0.1, -0.05) is 31.4 Å². The van der Waals surface area contributed by atoms with Gasteiger partial charge in [-0.2, -0.15) is 0 Å². The summed E-state index contributed by atoms with van der Waals surface area (Å²) >= 11 is 0. The topological polar surface area (TPSA) is 55.8 Å². The summed E-state index contributed by atoms with van der Waals surface area (Å²) in [4.78, 5) is 11.8. The maximum Gasteiger partial charge on any atom is 0.335 e. The van der Waals surface area contributed by atoms with Gasteiger partial charge in [-0.25, -0.2) is 4.79 Å². The molecule has 0 heterocycles. The van der Waals surface area contributed by atoms with E-state index in [0.717, 1.165) is 37.0 Å². The van der Waals surface area contributed by atoms with Crippen molar-refractivity contribution in [1.29, 1.82) is 0 Å². The average molecular weight is 278 g/mol. The van der Waals surface area contributed by atoms with Crippen LogP contribution in [0, 0.1) is 5.92 Å². The van der Waals surface area contributed by atoms with Gasteiger partial charge in [-0.3, -0.25) is 0 Å². The number of aliphatic hydroxyl groups is 1. The molecule has 1 aromatic carbocycles. The number of rotatable bonds is 5. The van der Waals surface area contributed by atoms with E-state index in [-0.39, 0.29) is 12.5 Å². The molecule has 0 spiro atoms. The molecule has 0 amide bonds. The van der Waals surface area contributed by atoms with Crippen LogP contribution in [0.3, 0.4) is 0 Å². The van der Waals surface area contributed by atoms with E-state index in [1.165, 1.54) is 6.42 Å². The molecule has 1 fully saturated rings. The molecule has 0 aromatic heterocycles. The van der Waals surface area contributed by atoms with Crippen molar-refractivity contribution in [3.63, 3.8) is 0 Å². The molecule has 4 heteroatoms. The van der Waals surface area contributed by atoms with E-state index < -0.39 is 12.1 Å². The Kier molecular flexibility index (Phi) is 5.41. The van der Waals surface area contributed by atoms with Crippen molar-refractivity contribution < 1.29 is 19.4 Å². The SMILES string of the molecule is COc1ccc(COC(=O)[C@@H](O)C2CCCCC2)cc1. The summed E-state index contributed by atoms with van der Waals surface area (Å²) in [5, 5.41) is 10.0. The van der Waals surface area contributed by atoms with E-state index in [4.69, 9.17) is 9.47 Å². The molecule has 1 aliphatic carbocycles. The maximum absolute atomic E-state index is 11.8. The number of benzene rings is 1. The van der Waals surface area contributed by atoms with Gasteiger partial charge in [0, 0.05) is 0 Å². The summed E-state index contributed by atoms with van der Waals surface area (Å²) in [6.07, 6.45) is 4.23. The normalized spacial score (nSPS) is 17.5. The monoisotopic (exact) mass is 278 g/mol. The number of carbonyl (C=O) groups is 1. The third-order valence-electron chi connectivity index (χ3n) is 3.88. The second kappa shape index (κ2) is 7.29. The lowest BCUT2D eigenvalue weighted by Gasteiger charge is -2.25. The smallest absolute Gasteiger partial charge is 0.335 e. The summed E-state index contributed by atoms with van der Waals surface area (Å²) in [5.41, 5.74) is 0.884. The standard InChI is InChI=1S/C16H22O4/c1-19-14-9-7-12(8-10-14)11-20-16(18)15(17)13-5-3-2-4-6-13/h7-10,13,15,17H,2-6,11H2,1H3/t15-/m0/s1. The van der Waals surface area contributed by atoms with Gasteiger partial charge in [0.25, 0.3) is 0 Å². The molecule has 0 bridgehead atoms. The predicted octanol–water partition coefficient (Wildman–Crippen LogP) is 2.68. The van der Waals surface area contributed by atoms with Crippen LogP contribution >= 0.6 is 0 Å². The molecule has 1 N–H and O–H groups in total. The fraction of sp³-hybridized carbons (Fsp3) is 0.562. The van der Waals surface area contributed by atoms with E-state index in [9.17, 15) is 9.90 Å². The largest absolute Gasteiger partial charge is 0.497 e. The van der Waals surface area contributed by atoms with E-state index in [1.807, 2.05) is 24.3 Å². The van der Waals surface area contributed by atoms with Crippen LogP contribution in [0.2, 0.25) is 0 Å². The second-order valence-electron chi connectivity index (χ2n) is 5.30. The highest BCUT2D eigenvalue weighted by Gasteiger charge is 2.28. The molecule has 1 aliphatic rings. The van der Waals surface area contributed by atoms with Crippen LogP contribution in [0.25, 0.3) is 0 Å². The van der Waals surface area contributed by atoms with Crippen molar-refractivity contribution in [2.75, 3.05) is 7.11 Å². The van der Waals surface area contributed by atoms with Crippen LogP contribution in [-0.2, 0) is 16.1 Å². The van der Waals surface area contributed by atoms with Crippen LogP contribution in [0.15, 0.2) is 24.3 Å². The van der Waals surface area contributed by atoms with Crippen molar-refractivity contribution in [3.8, 4) is 5.75 Å². The lowest BCUT2D eigenvalue weighted by Crippen LogP contribution is -2.32. The Labute approximate surface area is 119 Å². The van der Waals surface area contributed by atoms with Crippen molar-refractivity contribution in [1.82, 2.24) is 0 Å². The third-order valence-corrected chi connectivity index (χ3v) is 3.88. The summed E-state index contributed by atoms with van der Waals surface area (Å²) in [6.45, 7) is 0.187. The summed E-state index contributed by atoms with van der Waals surface area (Å²) in [6, 6.07) is 7.33. The minimum absolute atomic E-state index is 0.0621. The zero-order valence-electron chi connectivity index (χ0n) is 11.9. The molecule has 20 heavy (non-hydrogen) atoms. The molecular formula is C16H22O4. The molecule has 0 unspecified atom stereocenters. The number of methoxy groups -OCH3 is 1. The summed E-state index contributed by atoms with van der Waals surface area (Å²) in [7, 11) is 1.61. The Hall–Kier alpha value is -1.55. The molecular weight excluding hydrogens is 256 g/mol. The van der Waals surface area contributed by atoms with Gasteiger partial charge in [0.05, 0.1) is 7.11 Å². The lowest BCUT2D eigenvalue weighted by atomic mass is 9.85. The predicted molar refractivity (Wildman–Crippen MR) is 75.4 cm³/mol. The zero-order chi connectivity index (χ0) is 14.4. The number of ether oxygens (including phenoxy) is 2. The summed E-state index contributed by atoms with van der Waals surface area (Å²) in [5.74, 6) is 0.321. The van der Waals surface area contributed by atoms with Gasteiger partial charge in [0.15, 0.2) is 6.10 Å². The van der Waals surface area contributed by atoms with Gasteiger partial charge in [-0.15, -0.1) is 0 Å². The minimum Gasteiger partial charge on any atom is -0.497 e. The second-order valence-corrected chi connectivity index (χ2v) is 5.30. The molecule has 1 aromatic rings. The minimum atomic E-state index is -0.978. The highest BCUT2D eigenvalue weighted by molar-refractivity contribution is 5.74. The molecule has 1 atom stereocenters. The van der Waals surface area contributed by atoms with Crippen LogP contribution < -0.4 is 4.74 Å². The fourth-order valence-electron chi connectivity index (χ4n) is 2.60. The maximum atomic E-state index is 11.8. The quantitative estimate of drug-likeness (QED) is 0.841. The first kappa shape index (κ1) is 14.9. The van der Waals surface area contributed by atoms with Crippen molar-refractivity contribution in [2.24, 2.45) is 5.92 Å². The Bertz CT molecular complexity index is 421. The van der Waals surface area contributed by atoms with Crippen molar-refractivity contribution >= 4 is 5.97 Å². The highest BCUT2D eigenvalue weighted by atomic mass is 16.5. The number of hydrogen-bond acceptors (Lipinski definition) is 4.